The fraction of sp³-hybridized carbons (Fsp3) is 0.500. The van der Waals surface area contributed by atoms with Crippen LogP contribution in [0.25, 0.3) is 0 Å². The lowest BCUT2D eigenvalue weighted by atomic mass is 10.1. The first-order valence-corrected chi connectivity index (χ1v) is 8.64. The van der Waals surface area contributed by atoms with Crippen LogP contribution in [0.4, 0.5) is 11.5 Å². The molecule has 0 bridgehead atoms. The smallest absolute Gasteiger partial charge is 0.226 e. The molecule has 128 valence electrons. The molecule has 0 aliphatic carbocycles. The summed E-state index contributed by atoms with van der Waals surface area (Å²) in [5.41, 5.74) is 2.80. The third-order valence-corrected chi connectivity index (χ3v) is 4.37. The molecule has 0 unspecified atom stereocenters. The first-order chi connectivity index (χ1) is 11.6. The van der Waals surface area contributed by atoms with E-state index >= 15 is 0 Å². The van der Waals surface area contributed by atoms with Crippen molar-refractivity contribution in [2.24, 2.45) is 0 Å². The normalized spacial score (nSPS) is 14.7. The highest BCUT2D eigenvalue weighted by Gasteiger charge is 2.12. The molecule has 0 aromatic carbocycles. The maximum Gasteiger partial charge on any atom is 0.226 e. The fourth-order valence-electron chi connectivity index (χ4n) is 3.10. The number of carbonyl (C=O) groups excluding carboxylic acids is 1. The second-order valence-electron chi connectivity index (χ2n) is 6.40. The Bertz CT molecular complexity index is 686. The van der Waals surface area contributed by atoms with Crippen molar-refractivity contribution in [1.29, 1.82) is 0 Å². The zero-order valence-corrected chi connectivity index (χ0v) is 14.5. The van der Waals surface area contributed by atoms with Gasteiger partial charge in [0.25, 0.3) is 0 Å². The zero-order valence-electron chi connectivity index (χ0n) is 14.5. The molecule has 6 nitrogen and oxygen atoms in total. The number of hydrogen-bond donors (Lipinski definition) is 1. The van der Waals surface area contributed by atoms with Gasteiger partial charge in [0, 0.05) is 31.7 Å². The van der Waals surface area contributed by atoms with Crippen molar-refractivity contribution in [1.82, 2.24) is 14.8 Å². The van der Waals surface area contributed by atoms with Gasteiger partial charge in [0.05, 0.1) is 17.6 Å². The molecule has 0 radical (unpaired) electrons. The number of aromatic nitrogens is 3. The highest BCUT2D eigenvalue weighted by molar-refractivity contribution is 5.90. The van der Waals surface area contributed by atoms with E-state index < -0.39 is 0 Å². The van der Waals surface area contributed by atoms with E-state index in [4.69, 9.17) is 0 Å². The molecule has 0 saturated carbocycles. The van der Waals surface area contributed by atoms with E-state index in [0.717, 1.165) is 36.0 Å². The average Bonchev–Trinajstić information content (AvgIpc) is 2.92. The number of nitrogens with zero attached hydrogens (tertiary/aromatic N) is 4. The van der Waals surface area contributed by atoms with Crippen LogP contribution in [0.2, 0.25) is 0 Å². The lowest BCUT2D eigenvalue weighted by Gasteiger charge is -2.27. The van der Waals surface area contributed by atoms with Crippen molar-refractivity contribution < 1.29 is 4.79 Å². The van der Waals surface area contributed by atoms with Gasteiger partial charge in [-0.2, -0.15) is 5.10 Å². The fourth-order valence-corrected chi connectivity index (χ4v) is 3.10. The molecular formula is C18H25N5O. The highest BCUT2D eigenvalue weighted by Crippen LogP contribution is 2.19. The van der Waals surface area contributed by atoms with E-state index in [0.29, 0.717) is 13.0 Å². The Labute approximate surface area is 142 Å². The molecule has 3 heterocycles. The van der Waals surface area contributed by atoms with Crippen molar-refractivity contribution in [2.45, 2.75) is 46.1 Å². The van der Waals surface area contributed by atoms with Crippen LogP contribution in [-0.2, 0) is 11.3 Å². The van der Waals surface area contributed by atoms with E-state index in [-0.39, 0.29) is 5.91 Å². The minimum absolute atomic E-state index is 0.0184. The third-order valence-electron chi connectivity index (χ3n) is 4.37. The minimum Gasteiger partial charge on any atom is -0.357 e. The summed E-state index contributed by atoms with van der Waals surface area (Å²) in [6.45, 7) is 6.69. The van der Waals surface area contributed by atoms with Crippen LogP contribution in [0, 0.1) is 13.8 Å². The molecule has 2 aromatic heterocycles. The molecule has 1 aliphatic rings. The molecule has 1 amide bonds. The number of piperidine rings is 1. The number of nitrogens with one attached hydrogen (secondary N) is 1. The Morgan fingerprint density at radius 1 is 1.21 bits per heavy atom. The molecule has 1 saturated heterocycles. The Hall–Kier alpha value is -2.37. The van der Waals surface area contributed by atoms with Gasteiger partial charge in [-0.25, -0.2) is 4.98 Å². The van der Waals surface area contributed by atoms with Crippen molar-refractivity contribution in [3.05, 3.63) is 35.8 Å². The van der Waals surface area contributed by atoms with Crippen molar-refractivity contribution in [3.8, 4) is 0 Å². The van der Waals surface area contributed by atoms with Gasteiger partial charge in [-0.15, -0.1) is 0 Å². The Kier molecular flexibility index (Phi) is 5.13. The molecule has 24 heavy (non-hydrogen) atoms. The molecule has 3 rings (SSSR count). The zero-order chi connectivity index (χ0) is 16.9. The molecule has 1 aliphatic heterocycles. The summed E-state index contributed by atoms with van der Waals surface area (Å²) >= 11 is 0. The maximum absolute atomic E-state index is 12.1. The molecule has 0 atom stereocenters. The van der Waals surface area contributed by atoms with Gasteiger partial charge in [-0.3, -0.25) is 9.48 Å². The van der Waals surface area contributed by atoms with Crippen LogP contribution < -0.4 is 10.2 Å². The van der Waals surface area contributed by atoms with E-state index in [1.807, 2.05) is 36.7 Å². The summed E-state index contributed by atoms with van der Waals surface area (Å²) in [5.74, 6) is 0.977. The summed E-state index contributed by atoms with van der Waals surface area (Å²) in [6.07, 6.45) is 5.90. The predicted molar refractivity (Wildman–Crippen MR) is 95.2 cm³/mol. The van der Waals surface area contributed by atoms with Crippen LogP contribution in [-0.4, -0.2) is 33.8 Å². The maximum atomic E-state index is 12.1. The molecule has 1 N–H and O–H groups in total. The van der Waals surface area contributed by atoms with Gasteiger partial charge in [0.15, 0.2) is 0 Å². The first-order valence-electron chi connectivity index (χ1n) is 8.64. The number of pyridine rings is 1. The van der Waals surface area contributed by atoms with Crippen LogP contribution in [0.1, 0.15) is 37.1 Å². The monoisotopic (exact) mass is 327 g/mol. The predicted octanol–water partition coefficient (Wildman–Crippen LogP) is 2.91. The quantitative estimate of drug-likeness (QED) is 0.917. The number of aryl methyl sites for hydroxylation is 3. The van der Waals surface area contributed by atoms with E-state index in [1.54, 1.807) is 6.20 Å². The van der Waals surface area contributed by atoms with Gasteiger partial charge in [0.2, 0.25) is 5.91 Å². The Balaban J connectivity index is 1.51. The summed E-state index contributed by atoms with van der Waals surface area (Å²) in [5, 5.41) is 7.28. The van der Waals surface area contributed by atoms with E-state index in [2.05, 4.69) is 20.3 Å². The number of rotatable bonds is 5. The molecule has 6 heteroatoms. The second-order valence-corrected chi connectivity index (χ2v) is 6.40. The van der Waals surface area contributed by atoms with Crippen molar-refractivity contribution in [2.75, 3.05) is 23.3 Å². The summed E-state index contributed by atoms with van der Waals surface area (Å²) in [7, 11) is 0. The van der Waals surface area contributed by atoms with E-state index in [1.165, 1.54) is 19.3 Å². The van der Waals surface area contributed by atoms with Gasteiger partial charge in [0.1, 0.15) is 5.82 Å². The summed E-state index contributed by atoms with van der Waals surface area (Å²) in [6, 6.07) is 5.93. The van der Waals surface area contributed by atoms with Crippen LogP contribution in [0.3, 0.4) is 0 Å². The van der Waals surface area contributed by atoms with Crippen LogP contribution >= 0.6 is 0 Å². The largest absolute Gasteiger partial charge is 0.357 e. The van der Waals surface area contributed by atoms with Crippen molar-refractivity contribution in [3.63, 3.8) is 0 Å². The van der Waals surface area contributed by atoms with E-state index in [9.17, 15) is 4.79 Å². The standard InChI is InChI=1S/C18H25N5O/c1-14-12-15(2)23(21-14)11-8-18(24)20-16-6-7-17(19-13-16)22-9-4-3-5-10-22/h6-7,12-13H,3-5,8-11H2,1-2H3,(H,20,24). The molecule has 1 fully saturated rings. The Morgan fingerprint density at radius 2 is 2.00 bits per heavy atom. The van der Waals surface area contributed by atoms with Gasteiger partial charge < -0.3 is 10.2 Å². The molecular weight excluding hydrogens is 302 g/mol. The number of anilines is 2. The number of amides is 1. The van der Waals surface area contributed by atoms with Gasteiger partial charge in [-0.1, -0.05) is 0 Å². The topological polar surface area (TPSA) is 63.1 Å². The highest BCUT2D eigenvalue weighted by atomic mass is 16.1. The lowest BCUT2D eigenvalue weighted by Crippen LogP contribution is -2.30. The third kappa shape index (κ3) is 4.13. The van der Waals surface area contributed by atoms with Crippen molar-refractivity contribution >= 4 is 17.4 Å². The summed E-state index contributed by atoms with van der Waals surface area (Å²) < 4.78 is 1.87. The molecule has 2 aromatic rings. The van der Waals surface area contributed by atoms with Crippen LogP contribution in [0.5, 0.6) is 0 Å². The lowest BCUT2D eigenvalue weighted by molar-refractivity contribution is -0.116. The van der Waals surface area contributed by atoms with Gasteiger partial charge in [-0.05, 0) is 51.3 Å². The van der Waals surface area contributed by atoms with Crippen LogP contribution in [0.15, 0.2) is 24.4 Å². The minimum atomic E-state index is -0.0184. The number of hydrogen-bond acceptors (Lipinski definition) is 4. The first kappa shape index (κ1) is 16.5. The summed E-state index contributed by atoms with van der Waals surface area (Å²) in [4.78, 5) is 18.9. The molecule has 0 spiro atoms. The number of carbonyl (C=O) groups is 1. The second kappa shape index (κ2) is 7.47. The SMILES string of the molecule is Cc1cc(C)n(CCC(=O)Nc2ccc(N3CCCCC3)nc2)n1. The average molecular weight is 327 g/mol. The van der Waals surface area contributed by atoms with Gasteiger partial charge >= 0.3 is 0 Å². The Morgan fingerprint density at radius 3 is 2.62 bits per heavy atom.